The molecular weight excluding hydrogens is 343 g/mol. The van der Waals surface area contributed by atoms with Crippen molar-refractivity contribution in [1.82, 2.24) is 4.90 Å². The zero-order chi connectivity index (χ0) is 14.3. The van der Waals surface area contributed by atoms with E-state index in [0.717, 1.165) is 11.3 Å². The van der Waals surface area contributed by atoms with Gasteiger partial charge in [0.2, 0.25) is 0 Å². The van der Waals surface area contributed by atoms with Gasteiger partial charge < -0.3 is 14.5 Å². The Morgan fingerprint density at radius 3 is 2.11 bits per heavy atom. The number of ether oxygens (including phenoxy) is 1. The van der Waals surface area contributed by atoms with Crippen molar-refractivity contribution < 1.29 is 9.53 Å². The molecule has 1 aromatic carbocycles. The van der Waals surface area contributed by atoms with Crippen LogP contribution in [0, 0.1) is 6.92 Å². The van der Waals surface area contributed by atoms with E-state index in [1.807, 2.05) is 49.0 Å². The van der Waals surface area contributed by atoms with Crippen LogP contribution in [0.1, 0.15) is 5.56 Å². The van der Waals surface area contributed by atoms with E-state index in [0.29, 0.717) is 5.75 Å². The fourth-order valence-corrected chi connectivity index (χ4v) is 1.21. The van der Waals surface area contributed by atoms with Crippen molar-refractivity contribution in [3.8, 4) is 5.75 Å². The van der Waals surface area contributed by atoms with Crippen molar-refractivity contribution in [2.75, 3.05) is 38.0 Å². The Morgan fingerprint density at radius 1 is 1.17 bits per heavy atom. The minimum Gasteiger partial charge on any atom is -0.410 e. The fraction of sp³-hybridized carbons (Fsp3) is 0.462. The second-order valence-electron chi connectivity index (χ2n) is 4.11. The molecule has 0 radical (unpaired) electrons. The Bertz CT molecular complexity index is 393. The molecule has 1 amide bonds. The number of carbonyl (C=O) groups is 1. The molecule has 0 saturated heterocycles. The van der Waals surface area contributed by atoms with Crippen molar-refractivity contribution in [3.63, 3.8) is 0 Å². The lowest BCUT2D eigenvalue weighted by atomic mass is 10.2. The Hall–Kier alpha value is -0.980. The SMILES string of the molecule is CI.Cc1cc(N(C)C)ccc1OC(=O)N(C)C. The van der Waals surface area contributed by atoms with Crippen LogP contribution in [0.25, 0.3) is 0 Å². The fourth-order valence-electron chi connectivity index (χ4n) is 1.21. The third kappa shape index (κ3) is 5.12. The van der Waals surface area contributed by atoms with Gasteiger partial charge in [0.05, 0.1) is 0 Å². The third-order valence-corrected chi connectivity index (χ3v) is 2.24. The zero-order valence-corrected chi connectivity index (χ0v) is 14.0. The molecular formula is C13H21IN2O2. The molecule has 0 aliphatic carbocycles. The summed E-state index contributed by atoms with van der Waals surface area (Å²) >= 11 is 2.15. The number of benzene rings is 1. The van der Waals surface area contributed by atoms with Gasteiger partial charge in [-0.05, 0) is 35.6 Å². The highest BCUT2D eigenvalue weighted by molar-refractivity contribution is 14.1. The van der Waals surface area contributed by atoms with Crippen molar-refractivity contribution in [3.05, 3.63) is 23.8 Å². The summed E-state index contributed by atoms with van der Waals surface area (Å²) < 4.78 is 5.21. The first-order valence-electron chi connectivity index (χ1n) is 5.46. The second-order valence-corrected chi connectivity index (χ2v) is 4.11. The number of hydrogen-bond donors (Lipinski definition) is 0. The Balaban J connectivity index is 0.00000137. The summed E-state index contributed by atoms with van der Waals surface area (Å²) in [6, 6.07) is 5.72. The van der Waals surface area contributed by atoms with Gasteiger partial charge in [-0.1, -0.05) is 22.6 Å². The lowest BCUT2D eigenvalue weighted by Crippen LogP contribution is -2.25. The summed E-state index contributed by atoms with van der Waals surface area (Å²) in [6.45, 7) is 1.92. The van der Waals surface area contributed by atoms with Crippen LogP contribution in [0.4, 0.5) is 10.5 Å². The predicted molar refractivity (Wildman–Crippen MR) is 85.2 cm³/mol. The predicted octanol–water partition coefficient (Wildman–Crippen LogP) is 3.17. The molecule has 0 saturated carbocycles. The van der Waals surface area contributed by atoms with Gasteiger partial charge in [0.15, 0.2) is 0 Å². The second kappa shape index (κ2) is 8.18. The Morgan fingerprint density at radius 2 is 1.72 bits per heavy atom. The topological polar surface area (TPSA) is 32.8 Å². The number of amides is 1. The molecule has 0 unspecified atom stereocenters. The summed E-state index contributed by atoms with van der Waals surface area (Å²) in [4.78, 5) is 16.8. The average molecular weight is 364 g/mol. The highest BCUT2D eigenvalue weighted by Crippen LogP contribution is 2.23. The summed E-state index contributed by atoms with van der Waals surface area (Å²) in [5.41, 5.74) is 2.03. The van der Waals surface area contributed by atoms with Crippen LogP contribution in [0.2, 0.25) is 0 Å². The van der Waals surface area contributed by atoms with E-state index in [4.69, 9.17) is 4.74 Å². The average Bonchev–Trinajstić information content (AvgIpc) is 2.33. The first-order valence-corrected chi connectivity index (χ1v) is 7.62. The van der Waals surface area contributed by atoms with E-state index in [-0.39, 0.29) is 6.09 Å². The van der Waals surface area contributed by atoms with E-state index in [9.17, 15) is 4.79 Å². The van der Waals surface area contributed by atoms with Crippen LogP contribution < -0.4 is 9.64 Å². The third-order valence-electron chi connectivity index (χ3n) is 2.24. The van der Waals surface area contributed by atoms with Gasteiger partial charge in [0.25, 0.3) is 0 Å². The molecule has 1 aromatic rings. The van der Waals surface area contributed by atoms with Crippen molar-refractivity contribution >= 4 is 34.4 Å². The number of aryl methyl sites for hydroxylation is 1. The van der Waals surface area contributed by atoms with Crippen LogP contribution >= 0.6 is 22.6 Å². The van der Waals surface area contributed by atoms with Crippen molar-refractivity contribution in [2.45, 2.75) is 6.92 Å². The van der Waals surface area contributed by atoms with Gasteiger partial charge in [0, 0.05) is 33.9 Å². The lowest BCUT2D eigenvalue weighted by Gasteiger charge is -2.16. The lowest BCUT2D eigenvalue weighted by molar-refractivity contribution is 0.171. The van der Waals surface area contributed by atoms with Gasteiger partial charge in [-0.2, -0.15) is 0 Å². The number of rotatable bonds is 2. The van der Waals surface area contributed by atoms with Crippen LogP contribution in [0.15, 0.2) is 18.2 Å². The summed E-state index contributed by atoms with van der Waals surface area (Å²) in [5, 5.41) is 0. The highest BCUT2D eigenvalue weighted by atomic mass is 127. The van der Waals surface area contributed by atoms with Gasteiger partial charge in [-0.25, -0.2) is 4.79 Å². The minimum absolute atomic E-state index is 0.360. The molecule has 18 heavy (non-hydrogen) atoms. The number of alkyl halides is 1. The number of hydrogen-bond acceptors (Lipinski definition) is 3. The van der Waals surface area contributed by atoms with E-state index >= 15 is 0 Å². The van der Waals surface area contributed by atoms with Gasteiger partial charge >= 0.3 is 6.09 Å². The van der Waals surface area contributed by atoms with Gasteiger partial charge in [-0.15, -0.1) is 0 Å². The molecule has 0 spiro atoms. The number of anilines is 1. The monoisotopic (exact) mass is 364 g/mol. The first kappa shape index (κ1) is 17.0. The Kier molecular flexibility index (Phi) is 7.73. The van der Waals surface area contributed by atoms with E-state index in [2.05, 4.69) is 22.6 Å². The molecule has 0 aliphatic rings. The largest absolute Gasteiger partial charge is 0.414 e. The maximum absolute atomic E-state index is 11.4. The van der Waals surface area contributed by atoms with Crippen molar-refractivity contribution in [1.29, 1.82) is 0 Å². The summed E-state index contributed by atoms with van der Waals surface area (Å²) in [6.07, 6.45) is -0.360. The normalized spacial score (nSPS) is 9.06. The molecule has 0 atom stereocenters. The minimum atomic E-state index is -0.360. The standard InChI is InChI=1S/C12H18N2O2.CH3I/c1-9-8-10(13(2)3)6-7-11(9)16-12(15)14(4)5;1-2/h6-8H,1-5H3;1H3. The zero-order valence-electron chi connectivity index (χ0n) is 11.8. The molecule has 0 N–H and O–H groups in total. The molecule has 0 bridgehead atoms. The van der Waals surface area contributed by atoms with E-state index in [1.54, 1.807) is 14.1 Å². The number of nitrogens with zero attached hydrogens (tertiary/aromatic N) is 2. The van der Waals surface area contributed by atoms with Gasteiger partial charge in [0.1, 0.15) is 5.75 Å². The molecule has 1 rings (SSSR count). The van der Waals surface area contributed by atoms with Crippen LogP contribution in [-0.2, 0) is 0 Å². The molecule has 0 aliphatic heterocycles. The Labute approximate surface area is 123 Å². The smallest absolute Gasteiger partial charge is 0.410 e. The van der Waals surface area contributed by atoms with E-state index in [1.165, 1.54) is 4.90 Å². The van der Waals surface area contributed by atoms with Crippen LogP contribution in [0.3, 0.4) is 0 Å². The maximum Gasteiger partial charge on any atom is 0.414 e. The highest BCUT2D eigenvalue weighted by Gasteiger charge is 2.09. The summed E-state index contributed by atoms with van der Waals surface area (Å²) in [5.74, 6) is 0.601. The molecule has 4 nitrogen and oxygen atoms in total. The quantitative estimate of drug-likeness (QED) is 0.597. The number of carbonyl (C=O) groups excluding carboxylic acids is 1. The first-order chi connectivity index (χ1) is 8.41. The van der Waals surface area contributed by atoms with Gasteiger partial charge in [-0.3, -0.25) is 0 Å². The van der Waals surface area contributed by atoms with Crippen LogP contribution in [0.5, 0.6) is 5.75 Å². The molecule has 102 valence electrons. The molecule has 5 heteroatoms. The summed E-state index contributed by atoms with van der Waals surface area (Å²) in [7, 11) is 7.26. The van der Waals surface area contributed by atoms with Crippen molar-refractivity contribution in [2.24, 2.45) is 0 Å². The van der Waals surface area contributed by atoms with Crippen LogP contribution in [-0.4, -0.2) is 44.1 Å². The number of halogens is 1. The molecule has 0 aromatic heterocycles. The van der Waals surface area contributed by atoms with E-state index < -0.39 is 0 Å². The molecule has 0 heterocycles. The molecule has 0 fully saturated rings. The maximum atomic E-state index is 11.4.